The first-order valence-corrected chi connectivity index (χ1v) is 9.82. The van der Waals surface area contributed by atoms with Crippen LogP contribution in [-0.4, -0.2) is 52.9 Å². The van der Waals surface area contributed by atoms with Crippen molar-refractivity contribution in [1.29, 1.82) is 0 Å². The zero-order valence-electron chi connectivity index (χ0n) is 16.0. The summed E-state index contributed by atoms with van der Waals surface area (Å²) in [6.07, 6.45) is 4.00. The summed E-state index contributed by atoms with van der Waals surface area (Å²) in [6.45, 7) is 1.19. The van der Waals surface area contributed by atoms with Crippen LogP contribution < -0.4 is 0 Å². The molecule has 2 amide bonds. The molecule has 5 nitrogen and oxygen atoms in total. The number of hydrogen-bond donors (Lipinski definition) is 1. The number of carbonyl (C=O) groups excluding carboxylic acids is 2. The third kappa shape index (κ3) is 3.81. The molecule has 1 aliphatic carbocycles. The van der Waals surface area contributed by atoms with Crippen molar-refractivity contribution in [3.8, 4) is 5.75 Å². The van der Waals surface area contributed by atoms with Crippen molar-refractivity contribution in [2.75, 3.05) is 26.2 Å². The Morgan fingerprint density at radius 3 is 2.00 bits per heavy atom. The SMILES string of the molecule is O=C(c1ccc(F)c(F)c1)N1CCN(C(=O)c2cc3c(cc2O)CCCC3)CC1. The Hall–Kier alpha value is -2.96. The molecule has 0 spiro atoms. The lowest BCUT2D eigenvalue weighted by molar-refractivity contribution is 0.0533. The smallest absolute Gasteiger partial charge is 0.257 e. The zero-order chi connectivity index (χ0) is 20.5. The number of phenols is 1. The highest BCUT2D eigenvalue weighted by Crippen LogP contribution is 2.29. The molecule has 1 saturated heterocycles. The Kier molecular flexibility index (Phi) is 5.22. The number of aryl methyl sites for hydroxylation is 2. The average molecular weight is 400 g/mol. The molecule has 7 heteroatoms. The minimum absolute atomic E-state index is 0.00376. The van der Waals surface area contributed by atoms with Crippen LogP contribution >= 0.6 is 0 Å². The molecular formula is C22H22F2N2O3. The molecule has 0 atom stereocenters. The highest BCUT2D eigenvalue weighted by molar-refractivity contribution is 5.98. The van der Waals surface area contributed by atoms with Crippen molar-refractivity contribution >= 4 is 11.8 Å². The number of aromatic hydroxyl groups is 1. The first-order chi connectivity index (χ1) is 13.9. The molecule has 4 rings (SSSR count). The number of carbonyl (C=O) groups is 2. The summed E-state index contributed by atoms with van der Waals surface area (Å²) in [5.74, 6) is -2.71. The molecule has 2 aromatic carbocycles. The van der Waals surface area contributed by atoms with Crippen LogP contribution in [0.2, 0.25) is 0 Å². The van der Waals surface area contributed by atoms with Crippen molar-refractivity contribution in [3.05, 3.63) is 64.2 Å². The maximum absolute atomic E-state index is 13.4. The van der Waals surface area contributed by atoms with Crippen molar-refractivity contribution < 1.29 is 23.5 Å². The number of nitrogens with zero attached hydrogens (tertiary/aromatic N) is 2. The van der Waals surface area contributed by atoms with Gasteiger partial charge in [0.15, 0.2) is 11.6 Å². The van der Waals surface area contributed by atoms with E-state index < -0.39 is 17.5 Å². The van der Waals surface area contributed by atoms with Crippen LogP contribution in [0.25, 0.3) is 0 Å². The predicted octanol–water partition coefficient (Wildman–Crippen LogP) is 3.15. The largest absolute Gasteiger partial charge is 0.507 e. The molecule has 2 aliphatic rings. The molecule has 0 aromatic heterocycles. The first kappa shape index (κ1) is 19.4. The van der Waals surface area contributed by atoms with Gasteiger partial charge in [0.1, 0.15) is 5.75 Å². The van der Waals surface area contributed by atoms with E-state index in [4.69, 9.17) is 0 Å². The number of benzene rings is 2. The highest BCUT2D eigenvalue weighted by atomic mass is 19.2. The van der Waals surface area contributed by atoms with Crippen molar-refractivity contribution in [3.63, 3.8) is 0 Å². The summed E-state index contributed by atoms with van der Waals surface area (Å²) in [7, 11) is 0. The number of hydrogen-bond acceptors (Lipinski definition) is 3. The molecule has 0 saturated carbocycles. The highest BCUT2D eigenvalue weighted by Gasteiger charge is 2.28. The normalized spacial score (nSPS) is 16.5. The summed E-state index contributed by atoms with van der Waals surface area (Å²) < 4.78 is 26.5. The van der Waals surface area contributed by atoms with Crippen molar-refractivity contribution in [2.45, 2.75) is 25.7 Å². The Morgan fingerprint density at radius 2 is 1.38 bits per heavy atom. The Morgan fingerprint density at radius 1 is 0.793 bits per heavy atom. The van der Waals surface area contributed by atoms with Gasteiger partial charge in [-0.2, -0.15) is 0 Å². The standard InChI is InChI=1S/C22H22F2N2O3/c23-18-6-5-16(12-19(18)24)21(28)25-7-9-26(10-8-25)22(29)17-11-14-3-1-2-4-15(14)13-20(17)27/h5-6,11-13,27H,1-4,7-10H2. The van der Waals surface area contributed by atoms with E-state index in [0.29, 0.717) is 18.7 Å². The molecule has 0 bridgehead atoms. The van der Waals surface area contributed by atoms with E-state index in [2.05, 4.69) is 0 Å². The second kappa shape index (κ2) is 7.81. The van der Waals surface area contributed by atoms with E-state index >= 15 is 0 Å². The van der Waals surface area contributed by atoms with E-state index in [-0.39, 0.29) is 30.3 Å². The van der Waals surface area contributed by atoms with Gasteiger partial charge in [0.2, 0.25) is 0 Å². The molecule has 0 radical (unpaired) electrons. The van der Waals surface area contributed by atoms with Gasteiger partial charge in [0, 0.05) is 31.7 Å². The van der Waals surface area contributed by atoms with E-state index in [1.54, 1.807) is 17.0 Å². The van der Waals surface area contributed by atoms with E-state index in [1.165, 1.54) is 11.0 Å². The number of fused-ring (bicyclic) bond motifs is 1. The minimum atomic E-state index is -1.06. The molecule has 1 N–H and O–H groups in total. The second-order valence-electron chi connectivity index (χ2n) is 7.56. The minimum Gasteiger partial charge on any atom is -0.507 e. The molecular weight excluding hydrogens is 378 g/mol. The van der Waals surface area contributed by atoms with E-state index in [1.807, 2.05) is 0 Å². The molecule has 152 valence electrons. The fourth-order valence-electron chi connectivity index (χ4n) is 4.04. The summed E-state index contributed by atoms with van der Waals surface area (Å²) in [4.78, 5) is 28.6. The maximum Gasteiger partial charge on any atom is 0.257 e. The van der Waals surface area contributed by atoms with Crippen LogP contribution in [0.15, 0.2) is 30.3 Å². The van der Waals surface area contributed by atoms with Gasteiger partial charge in [-0.25, -0.2) is 8.78 Å². The summed E-state index contributed by atoms with van der Waals surface area (Å²) in [5, 5.41) is 10.3. The van der Waals surface area contributed by atoms with Gasteiger partial charge >= 0.3 is 0 Å². The van der Waals surface area contributed by atoms with E-state index in [9.17, 15) is 23.5 Å². The first-order valence-electron chi connectivity index (χ1n) is 9.82. The lowest BCUT2D eigenvalue weighted by Crippen LogP contribution is -2.50. The maximum atomic E-state index is 13.4. The van der Waals surface area contributed by atoms with Crippen LogP contribution in [-0.2, 0) is 12.8 Å². The molecule has 2 aromatic rings. The summed E-state index contributed by atoms with van der Waals surface area (Å²) in [5.41, 5.74) is 2.60. The van der Waals surface area contributed by atoms with Gasteiger partial charge < -0.3 is 14.9 Å². The Balaban J connectivity index is 1.43. The number of amides is 2. The molecule has 1 heterocycles. The Labute approximate surface area is 167 Å². The predicted molar refractivity (Wildman–Crippen MR) is 103 cm³/mol. The van der Waals surface area contributed by atoms with E-state index in [0.717, 1.165) is 48.9 Å². The average Bonchev–Trinajstić information content (AvgIpc) is 2.74. The fraction of sp³-hybridized carbons (Fsp3) is 0.364. The molecule has 1 aliphatic heterocycles. The number of halogens is 2. The lowest BCUT2D eigenvalue weighted by atomic mass is 9.89. The zero-order valence-corrected chi connectivity index (χ0v) is 16.0. The van der Waals surface area contributed by atoms with Crippen LogP contribution in [0, 0.1) is 11.6 Å². The third-order valence-corrected chi connectivity index (χ3v) is 5.71. The van der Waals surface area contributed by atoms with Gasteiger partial charge in [0.05, 0.1) is 5.56 Å². The molecule has 1 fully saturated rings. The van der Waals surface area contributed by atoms with Gasteiger partial charge in [0.25, 0.3) is 11.8 Å². The quantitative estimate of drug-likeness (QED) is 0.843. The summed E-state index contributed by atoms with van der Waals surface area (Å²) >= 11 is 0. The van der Waals surface area contributed by atoms with Crippen molar-refractivity contribution in [1.82, 2.24) is 9.80 Å². The molecule has 0 unspecified atom stereocenters. The van der Waals surface area contributed by atoms with Crippen LogP contribution in [0.4, 0.5) is 8.78 Å². The monoisotopic (exact) mass is 400 g/mol. The number of phenolic OH excluding ortho intramolecular Hbond substituents is 1. The van der Waals surface area contributed by atoms with Gasteiger partial charge in [-0.1, -0.05) is 0 Å². The summed E-state index contributed by atoms with van der Waals surface area (Å²) in [6, 6.07) is 6.57. The van der Waals surface area contributed by atoms with Crippen LogP contribution in [0.1, 0.15) is 44.7 Å². The van der Waals surface area contributed by atoms with Gasteiger partial charge in [-0.3, -0.25) is 9.59 Å². The molecule has 29 heavy (non-hydrogen) atoms. The van der Waals surface area contributed by atoms with Crippen molar-refractivity contribution in [2.24, 2.45) is 0 Å². The fourth-order valence-corrected chi connectivity index (χ4v) is 4.04. The third-order valence-electron chi connectivity index (χ3n) is 5.71. The lowest BCUT2D eigenvalue weighted by Gasteiger charge is -2.35. The number of rotatable bonds is 2. The van der Waals surface area contributed by atoms with Gasteiger partial charge in [-0.15, -0.1) is 0 Å². The van der Waals surface area contributed by atoms with Crippen LogP contribution in [0.5, 0.6) is 5.75 Å². The van der Waals surface area contributed by atoms with Gasteiger partial charge in [-0.05, 0) is 67.1 Å². The Bertz CT molecular complexity index is 969. The van der Waals surface area contributed by atoms with Crippen LogP contribution in [0.3, 0.4) is 0 Å². The number of piperazine rings is 1. The second-order valence-corrected chi connectivity index (χ2v) is 7.56. The topological polar surface area (TPSA) is 60.9 Å².